The van der Waals surface area contributed by atoms with E-state index in [2.05, 4.69) is 19.2 Å². The Bertz CT molecular complexity index is 744. The summed E-state index contributed by atoms with van der Waals surface area (Å²) in [5.41, 5.74) is 0. The van der Waals surface area contributed by atoms with Crippen LogP contribution >= 0.6 is 0 Å². The first-order chi connectivity index (χ1) is 28.2. The van der Waals surface area contributed by atoms with E-state index in [4.69, 9.17) is 0 Å². The first-order valence-corrected chi connectivity index (χ1v) is 26.7. The fourth-order valence-corrected chi connectivity index (χ4v) is 8.78. The van der Waals surface area contributed by atoms with Gasteiger partial charge in [0.25, 0.3) is 0 Å². The number of aliphatic hydroxyl groups is 2. The Morgan fingerprint density at radius 3 is 0.789 bits per heavy atom. The van der Waals surface area contributed by atoms with Crippen LogP contribution in [0, 0.1) is 0 Å². The van der Waals surface area contributed by atoms with Crippen LogP contribution in [0.5, 0.6) is 0 Å². The zero-order valence-corrected chi connectivity index (χ0v) is 39.4. The van der Waals surface area contributed by atoms with E-state index >= 15 is 0 Å². The zero-order valence-electron chi connectivity index (χ0n) is 39.4. The summed E-state index contributed by atoms with van der Waals surface area (Å²) in [5.74, 6) is -0.0231. The number of carbonyl (C=O) groups excluding carboxylic acids is 1. The summed E-state index contributed by atoms with van der Waals surface area (Å²) < 4.78 is 0. The molecule has 0 spiro atoms. The number of amides is 1. The van der Waals surface area contributed by atoms with Gasteiger partial charge in [-0.2, -0.15) is 0 Å². The van der Waals surface area contributed by atoms with Crippen LogP contribution in [0.1, 0.15) is 316 Å². The summed E-state index contributed by atoms with van der Waals surface area (Å²) in [7, 11) is 0. The Hall–Kier alpha value is -0.610. The smallest absolute Gasteiger partial charge is 0.220 e. The van der Waals surface area contributed by atoms with E-state index in [9.17, 15) is 15.0 Å². The monoisotopic (exact) mass is 806 g/mol. The maximum Gasteiger partial charge on any atom is 0.220 e. The second-order valence-corrected chi connectivity index (χ2v) is 18.7. The average molecular weight is 806 g/mol. The van der Waals surface area contributed by atoms with Crippen LogP contribution in [-0.2, 0) is 4.79 Å². The first kappa shape index (κ1) is 56.4. The van der Waals surface area contributed by atoms with Crippen molar-refractivity contribution in [1.82, 2.24) is 5.32 Å². The normalized spacial score (nSPS) is 12.7. The predicted molar refractivity (Wildman–Crippen MR) is 253 cm³/mol. The van der Waals surface area contributed by atoms with E-state index in [1.54, 1.807) is 0 Å². The van der Waals surface area contributed by atoms with Crippen molar-refractivity contribution in [2.24, 2.45) is 0 Å². The average Bonchev–Trinajstić information content (AvgIpc) is 3.22. The molecule has 0 aromatic rings. The van der Waals surface area contributed by atoms with Gasteiger partial charge in [0.1, 0.15) is 0 Å². The number of nitrogens with one attached hydrogen (secondary N) is 1. The third-order valence-electron chi connectivity index (χ3n) is 12.9. The van der Waals surface area contributed by atoms with Gasteiger partial charge in [-0.25, -0.2) is 0 Å². The van der Waals surface area contributed by atoms with Gasteiger partial charge in [-0.15, -0.1) is 0 Å². The van der Waals surface area contributed by atoms with E-state index in [1.165, 1.54) is 263 Å². The molecule has 0 fully saturated rings. The first-order valence-electron chi connectivity index (χ1n) is 26.7. The molecule has 1 amide bonds. The van der Waals surface area contributed by atoms with Gasteiger partial charge in [0, 0.05) is 6.42 Å². The molecule has 0 radical (unpaired) electrons. The number of rotatable bonds is 50. The second kappa shape index (κ2) is 49.8. The molecular weight excluding hydrogens is 699 g/mol. The molecule has 0 heterocycles. The van der Waals surface area contributed by atoms with Crippen molar-refractivity contribution in [1.29, 1.82) is 0 Å². The molecule has 57 heavy (non-hydrogen) atoms. The maximum atomic E-state index is 12.5. The summed E-state index contributed by atoms with van der Waals surface area (Å²) in [6, 6.07) is -0.531. The van der Waals surface area contributed by atoms with Crippen LogP contribution in [0.15, 0.2) is 0 Å². The van der Waals surface area contributed by atoms with Crippen LogP contribution < -0.4 is 5.32 Å². The topological polar surface area (TPSA) is 69.6 Å². The molecule has 0 aliphatic heterocycles. The number of hydrogen-bond acceptors (Lipinski definition) is 3. The third kappa shape index (κ3) is 46.3. The predicted octanol–water partition coefficient (Wildman–Crippen LogP) is 17.2. The van der Waals surface area contributed by atoms with Crippen LogP contribution in [0.25, 0.3) is 0 Å². The zero-order chi connectivity index (χ0) is 41.4. The highest BCUT2D eigenvalue weighted by Crippen LogP contribution is 2.18. The van der Waals surface area contributed by atoms with Gasteiger partial charge in [-0.3, -0.25) is 4.79 Å². The van der Waals surface area contributed by atoms with Gasteiger partial charge in [0.15, 0.2) is 0 Å². The maximum absolute atomic E-state index is 12.5. The van der Waals surface area contributed by atoms with E-state index in [0.29, 0.717) is 12.8 Å². The minimum Gasteiger partial charge on any atom is -0.394 e. The molecule has 3 N–H and O–H groups in total. The molecule has 0 rings (SSSR count). The lowest BCUT2D eigenvalue weighted by molar-refractivity contribution is -0.123. The van der Waals surface area contributed by atoms with Crippen molar-refractivity contribution in [3.63, 3.8) is 0 Å². The number of hydrogen-bond donors (Lipinski definition) is 3. The lowest BCUT2D eigenvalue weighted by Crippen LogP contribution is -2.45. The minimum absolute atomic E-state index is 0.0231. The lowest BCUT2D eigenvalue weighted by atomic mass is 10.0. The largest absolute Gasteiger partial charge is 0.394 e. The summed E-state index contributed by atoms with van der Waals surface area (Å²) in [6.07, 6.45) is 62.2. The SMILES string of the molecule is CCCCCCCCCCCCCCCCCCCCCCCCCCCCC(O)C(CO)NC(=O)CCCCCCCCCCCCCCCCCCCCC. The third-order valence-corrected chi connectivity index (χ3v) is 12.9. The van der Waals surface area contributed by atoms with Crippen LogP contribution in [0.3, 0.4) is 0 Å². The van der Waals surface area contributed by atoms with E-state index in [1.807, 2.05) is 0 Å². The Labute approximate surface area is 359 Å². The van der Waals surface area contributed by atoms with Gasteiger partial charge in [0.05, 0.1) is 18.8 Å². The highest BCUT2D eigenvalue weighted by molar-refractivity contribution is 5.76. The number of aliphatic hydroxyl groups excluding tert-OH is 2. The van der Waals surface area contributed by atoms with Gasteiger partial charge < -0.3 is 15.5 Å². The second-order valence-electron chi connectivity index (χ2n) is 18.7. The summed E-state index contributed by atoms with van der Waals surface area (Å²) in [6.45, 7) is 4.40. The molecule has 2 unspecified atom stereocenters. The van der Waals surface area contributed by atoms with Crippen molar-refractivity contribution >= 4 is 5.91 Å². The summed E-state index contributed by atoms with van der Waals surface area (Å²) in [5, 5.41) is 23.3. The molecular formula is C53H107NO3. The van der Waals surface area contributed by atoms with E-state index in [-0.39, 0.29) is 12.5 Å². The van der Waals surface area contributed by atoms with Crippen molar-refractivity contribution in [3.05, 3.63) is 0 Å². The van der Waals surface area contributed by atoms with Gasteiger partial charge in [0.2, 0.25) is 5.91 Å². The highest BCUT2D eigenvalue weighted by Gasteiger charge is 2.20. The van der Waals surface area contributed by atoms with Crippen molar-refractivity contribution in [2.75, 3.05) is 6.61 Å². The number of unbranched alkanes of at least 4 members (excludes halogenated alkanes) is 43. The van der Waals surface area contributed by atoms with Gasteiger partial charge in [-0.05, 0) is 12.8 Å². The van der Waals surface area contributed by atoms with Gasteiger partial charge in [-0.1, -0.05) is 296 Å². The molecule has 0 saturated carbocycles. The molecule has 0 aromatic carbocycles. The Morgan fingerprint density at radius 1 is 0.351 bits per heavy atom. The Kier molecular flexibility index (Phi) is 49.2. The van der Waals surface area contributed by atoms with Crippen LogP contribution in [0.2, 0.25) is 0 Å². The Balaban J connectivity index is 3.41. The highest BCUT2D eigenvalue weighted by atomic mass is 16.3. The van der Waals surface area contributed by atoms with E-state index < -0.39 is 12.1 Å². The fourth-order valence-electron chi connectivity index (χ4n) is 8.78. The minimum atomic E-state index is -0.654. The molecule has 4 nitrogen and oxygen atoms in total. The molecule has 0 aliphatic rings. The molecule has 342 valence electrons. The molecule has 0 bridgehead atoms. The summed E-state index contributed by atoms with van der Waals surface area (Å²) in [4.78, 5) is 12.5. The van der Waals surface area contributed by atoms with Crippen molar-refractivity contribution in [2.45, 2.75) is 328 Å². The Morgan fingerprint density at radius 2 is 0.561 bits per heavy atom. The molecule has 2 atom stereocenters. The lowest BCUT2D eigenvalue weighted by Gasteiger charge is -2.22. The standard InChI is InChI=1S/C53H107NO3/c1-3-5-7-9-11-13-15-17-19-21-23-24-25-26-27-28-29-31-32-34-36-38-40-42-44-46-48-52(56)51(50-55)54-53(57)49-47-45-43-41-39-37-35-33-30-22-20-18-16-14-12-10-8-6-4-2/h51-52,55-56H,3-50H2,1-2H3,(H,54,57). The molecule has 0 aromatic heterocycles. The molecule has 0 aliphatic carbocycles. The molecule has 4 heteroatoms. The van der Waals surface area contributed by atoms with Gasteiger partial charge >= 0.3 is 0 Å². The number of carbonyl (C=O) groups is 1. The molecule has 0 saturated heterocycles. The quantitative estimate of drug-likeness (QED) is 0.0536. The van der Waals surface area contributed by atoms with Crippen LogP contribution in [-0.4, -0.2) is 34.9 Å². The summed E-state index contributed by atoms with van der Waals surface area (Å²) >= 11 is 0. The van der Waals surface area contributed by atoms with Crippen LogP contribution in [0.4, 0.5) is 0 Å². The van der Waals surface area contributed by atoms with E-state index in [0.717, 1.165) is 25.7 Å². The van der Waals surface area contributed by atoms with Crippen molar-refractivity contribution < 1.29 is 15.0 Å². The fraction of sp³-hybridized carbons (Fsp3) is 0.981. The van der Waals surface area contributed by atoms with Crippen molar-refractivity contribution in [3.8, 4) is 0 Å².